The fourth-order valence-electron chi connectivity index (χ4n) is 9.06. The number of hydrogen-bond acceptors (Lipinski definition) is 21. The molecule has 0 aliphatic carbocycles. The van der Waals surface area contributed by atoms with Gasteiger partial charge in [-0.2, -0.15) is 0 Å². The van der Waals surface area contributed by atoms with Crippen LogP contribution in [0.2, 0.25) is 0 Å². The van der Waals surface area contributed by atoms with Crippen molar-refractivity contribution in [2.45, 2.75) is 140 Å². The smallest absolute Gasteiger partial charge is 0.366 e. The lowest BCUT2D eigenvalue weighted by Crippen LogP contribution is -2.68. The summed E-state index contributed by atoms with van der Waals surface area (Å²) in [5, 5.41) is 8.32. The van der Waals surface area contributed by atoms with E-state index in [0.29, 0.717) is 0 Å². The van der Waals surface area contributed by atoms with Crippen LogP contribution in [0.15, 0.2) is 60.7 Å². The summed E-state index contributed by atoms with van der Waals surface area (Å²) in [7, 11) is 1.08. The van der Waals surface area contributed by atoms with Gasteiger partial charge in [-0.15, -0.1) is 0 Å². The zero-order valence-electron chi connectivity index (χ0n) is 43.1. The molecule has 5 unspecified atom stereocenters. The number of benzene rings is 2. The van der Waals surface area contributed by atoms with Gasteiger partial charge in [0.05, 0.1) is 30.4 Å². The van der Waals surface area contributed by atoms with E-state index in [1.807, 2.05) is 6.92 Å². The minimum absolute atomic E-state index is 0.148. The standard InChI is InChI=1S/C51H64Cl3NO20/c1-25-21-50(49(62)63-10,74-39(26(25)2)29(5)36(67-31(7)57)22-64-30(6)56)75-42-41(68-32(8)58)38(24-66-45(61)35-19-15-12-16-20-35)71-47(43(42)69-33(9)59)72-40-27(3)28(4)46(73-48(55)51(52,53)54)70-37(40)23-65-44(60)34-17-13-11-14-18-34/h11-20,25-29,36-43,46-47,55H,21-24H2,1-10H3/t25?,26-,27?,28?,29+,36+,37+,38?,39+,40-,41-,42-,43?,46+,47-,50-/m0/s1. The number of rotatable bonds is 19. The Morgan fingerprint density at radius 1 is 0.667 bits per heavy atom. The van der Waals surface area contributed by atoms with Crippen molar-refractivity contribution >= 4 is 82.5 Å². The molecule has 0 amide bonds. The molecule has 3 saturated heterocycles. The van der Waals surface area contributed by atoms with E-state index in [9.17, 15) is 33.6 Å². The fourth-order valence-corrected chi connectivity index (χ4v) is 9.19. The number of alkyl halides is 3. The van der Waals surface area contributed by atoms with Crippen molar-refractivity contribution < 1.29 is 95.1 Å². The highest BCUT2D eigenvalue weighted by molar-refractivity contribution is 6.76. The van der Waals surface area contributed by atoms with Crippen molar-refractivity contribution in [3.05, 3.63) is 71.8 Å². The second-order valence-electron chi connectivity index (χ2n) is 18.7. The Morgan fingerprint density at radius 3 is 1.68 bits per heavy atom. The molecule has 2 aromatic rings. The summed E-state index contributed by atoms with van der Waals surface area (Å²) in [4.78, 5) is 92.3. The highest BCUT2D eigenvalue weighted by atomic mass is 35.6. The first-order valence-corrected chi connectivity index (χ1v) is 25.2. The third kappa shape index (κ3) is 16.0. The monoisotopic (exact) mass is 1120 g/mol. The van der Waals surface area contributed by atoms with Crippen molar-refractivity contribution in [1.82, 2.24) is 0 Å². The van der Waals surface area contributed by atoms with Gasteiger partial charge in [-0.3, -0.25) is 24.6 Å². The first-order valence-electron chi connectivity index (χ1n) is 24.1. The summed E-state index contributed by atoms with van der Waals surface area (Å²) in [5.41, 5.74) is 0.346. The summed E-state index contributed by atoms with van der Waals surface area (Å²) in [6.45, 7) is 11.6. The predicted molar refractivity (Wildman–Crippen MR) is 263 cm³/mol. The van der Waals surface area contributed by atoms with Crippen LogP contribution >= 0.6 is 34.8 Å². The van der Waals surface area contributed by atoms with E-state index in [2.05, 4.69) is 0 Å². The lowest BCUT2D eigenvalue weighted by Gasteiger charge is -2.52. The molecule has 3 aliphatic rings. The molecule has 3 heterocycles. The maximum atomic E-state index is 14.5. The van der Waals surface area contributed by atoms with Crippen molar-refractivity contribution in [3.8, 4) is 0 Å². The van der Waals surface area contributed by atoms with E-state index >= 15 is 0 Å². The highest BCUT2D eigenvalue weighted by Gasteiger charge is 2.61. The fraction of sp³-hybridized carbons (Fsp3) is 0.608. The largest absolute Gasteiger partial charge is 0.465 e. The Bertz CT molecular complexity index is 2320. The molecule has 3 fully saturated rings. The summed E-state index contributed by atoms with van der Waals surface area (Å²) in [6, 6.07) is 16.0. The highest BCUT2D eigenvalue weighted by Crippen LogP contribution is 2.46. The second-order valence-corrected chi connectivity index (χ2v) is 21.0. The van der Waals surface area contributed by atoms with E-state index < -0.39 is 161 Å². The molecule has 0 bridgehead atoms. The molecule has 3 aliphatic heterocycles. The lowest BCUT2D eigenvalue weighted by molar-refractivity contribution is -0.380. The Kier molecular flexibility index (Phi) is 21.7. The Balaban J connectivity index is 1.65. The molecule has 5 rings (SSSR count). The minimum atomic E-state index is -2.45. The Hall–Kier alpha value is -5.13. The zero-order chi connectivity index (χ0) is 55.5. The summed E-state index contributed by atoms with van der Waals surface area (Å²) in [6.07, 6.45) is -14.8. The lowest BCUT2D eigenvalue weighted by atomic mass is 9.76. The third-order valence-corrected chi connectivity index (χ3v) is 13.8. The van der Waals surface area contributed by atoms with Crippen LogP contribution < -0.4 is 0 Å². The van der Waals surface area contributed by atoms with Crippen molar-refractivity contribution in [2.24, 2.45) is 29.6 Å². The van der Waals surface area contributed by atoms with E-state index in [-0.39, 0.29) is 24.2 Å². The minimum Gasteiger partial charge on any atom is -0.465 e. The molecule has 1 N–H and O–H groups in total. The van der Waals surface area contributed by atoms with Crippen molar-refractivity contribution in [1.29, 1.82) is 5.41 Å². The van der Waals surface area contributed by atoms with Crippen LogP contribution in [0, 0.1) is 35.0 Å². The number of hydrogen-bond donors (Lipinski definition) is 1. The Labute approximate surface area is 449 Å². The molecular formula is C51H64Cl3NO20. The molecule has 0 spiro atoms. The SMILES string of the molecule is COC(=O)[C@@]1(O[C@@H]2C(OC(C)=O)[C@H](O[C@H]3C(C)C(C)[C@@H](OC(=N)C(Cl)(Cl)Cl)O[C@@H]3COC(=O)c3ccccc3)OC(COC(=O)c3ccccc3)[C@@H]2OC(C)=O)CC(C)[C@H](C)[C@H]([C@H](C)[C@@H](COC(C)=O)OC(C)=O)O1. The van der Waals surface area contributed by atoms with Crippen LogP contribution in [0.5, 0.6) is 0 Å². The first-order chi connectivity index (χ1) is 35.3. The van der Waals surface area contributed by atoms with E-state index in [0.717, 1.165) is 21.0 Å². The quantitative estimate of drug-likeness (QED) is 0.0518. The van der Waals surface area contributed by atoms with E-state index in [4.69, 9.17) is 102 Å². The number of carbonyl (C=O) groups is 7. The number of esters is 7. The van der Waals surface area contributed by atoms with Crippen LogP contribution in [0.3, 0.4) is 0 Å². The molecule has 0 radical (unpaired) electrons. The molecule has 24 heteroatoms. The molecule has 2 aromatic carbocycles. The van der Waals surface area contributed by atoms with Gasteiger partial charge in [0.25, 0.3) is 9.58 Å². The summed E-state index contributed by atoms with van der Waals surface area (Å²) < 4.78 is 76.4. The maximum absolute atomic E-state index is 14.5. The van der Waals surface area contributed by atoms with Gasteiger partial charge >= 0.3 is 41.8 Å². The van der Waals surface area contributed by atoms with Gasteiger partial charge in [-0.05, 0) is 42.0 Å². The number of methoxy groups -OCH3 is 1. The van der Waals surface area contributed by atoms with E-state index in [1.54, 1.807) is 64.1 Å². The number of nitrogens with one attached hydrogen (secondary N) is 1. The molecule has 0 saturated carbocycles. The van der Waals surface area contributed by atoms with Gasteiger partial charge in [-0.1, -0.05) is 106 Å². The molecular weight excluding hydrogens is 1050 g/mol. The average molecular weight is 1120 g/mol. The van der Waals surface area contributed by atoms with Crippen molar-refractivity contribution in [3.63, 3.8) is 0 Å². The van der Waals surface area contributed by atoms with Crippen LogP contribution in [0.1, 0.15) is 89.5 Å². The van der Waals surface area contributed by atoms with Crippen LogP contribution in [-0.2, 0) is 85.6 Å². The molecule has 414 valence electrons. The zero-order valence-corrected chi connectivity index (χ0v) is 45.3. The van der Waals surface area contributed by atoms with Gasteiger partial charge in [0.2, 0.25) is 12.2 Å². The van der Waals surface area contributed by atoms with Crippen LogP contribution in [0.4, 0.5) is 0 Å². The summed E-state index contributed by atoms with van der Waals surface area (Å²) in [5.74, 6) is -12.2. The van der Waals surface area contributed by atoms with Gasteiger partial charge < -0.3 is 61.6 Å². The maximum Gasteiger partial charge on any atom is 0.366 e. The topological polar surface area (TPSA) is 263 Å². The first kappa shape index (κ1) is 60.7. The van der Waals surface area contributed by atoms with Crippen molar-refractivity contribution in [2.75, 3.05) is 26.9 Å². The van der Waals surface area contributed by atoms with Gasteiger partial charge in [0.1, 0.15) is 44.2 Å². The van der Waals surface area contributed by atoms with Gasteiger partial charge in [0.15, 0.2) is 18.5 Å². The molecule has 0 aromatic heterocycles. The normalized spacial score (nSPS) is 30.5. The molecule has 21 nitrogen and oxygen atoms in total. The van der Waals surface area contributed by atoms with Crippen LogP contribution in [-0.4, -0.2) is 146 Å². The van der Waals surface area contributed by atoms with Crippen LogP contribution in [0.25, 0.3) is 0 Å². The number of halogens is 3. The predicted octanol–water partition coefficient (Wildman–Crippen LogP) is 6.48. The molecule has 75 heavy (non-hydrogen) atoms. The third-order valence-electron chi connectivity index (χ3n) is 13.2. The number of ether oxygens (including phenoxy) is 13. The summed E-state index contributed by atoms with van der Waals surface area (Å²) >= 11 is 18.0. The Morgan fingerprint density at radius 2 is 1.19 bits per heavy atom. The van der Waals surface area contributed by atoms with E-state index in [1.165, 1.54) is 38.1 Å². The average Bonchev–Trinajstić information content (AvgIpc) is 3.35. The number of carbonyl (C=O) groups excluding carboxylic acids is 7. The molecule has 16 atom stereocenters. The van der Waals surface area contributed by atoms with Gasteiger partial charge in [-0.25, -0.2) is 14.4 Å². The van der Waals surface area contributed by atoms with Gasteiger partial charge in [0, 0.05) is 46.0 Å². The second kappa shape index (κ2) is 26.8.